The third-order valence-corrected chi connectivity index (χ3v) is 4.46. The first kappa shape index (κ1) is 17.4. The van der Waals surface area contributed by atoms with Gasteiger partial charge in [0, 0.05) is 24.5 Å². The van der Waals surface area contributed by atoms with Crippen LogP contribution in [0, 0.1) is 5.92 Å². The fraction of sp³-hybridized carbons (Fsp3) is 0.938. The smallest absolute Gasteiger partial charge is 0.226 e. The molecule has 0 aromatic heterocycles. The third-order valence-electron chi connectivity index (χ3n) is 4.46. The van der Waals surface area contributed by atoms with Gasteiger partial charge in [-0.1, -0.05) is 13.3 Å². The SMILES string of the molecule is CCCC(C)N1CCC(C(=O)N(CCO)C(C)C)CC1. The van der Waals surface area contributed by atoms with Crippen LogP contribution in [0.4, 0.5) is 0 Å². The minimum absolute atomic E-state index is 0.0519. The molecule has 1 atom stereocenters. The maximum Gasteiger partial charge on any atom is 0.226 e. The highest BCUT2D eigenvalue weighted by Crippen LogP contribution is 2.23. The Bertz CT molecular complexity index is 286. The highest BCUT2D eigenvalue weighted by Gasteiger charge is 2.30. The number of piperidine rings is 1. The first-order chi connectivity index (χ1) is 9.51. The molecule has 0 aromatic rings. The number of nitrogens with zero attached hydrogens (tertiary/aromatic N) is 2. The summed E-state index contributed by atoms with van der Waals surface area (Å²) in [4.78, 5) is 16.9. The molecule has 20 heavy (non-hydrogen) atoms. The van der Waals surface area contributed by atoms with Crippen molar-refractivity contribution in [3.63, 3.8) is 0 Å². The van der Waals surface area contributed by atoms with Crippen LogP contribution in [0.15, 0.2) is 0 Å². The molecule has 1 heterocycles. The Morgan fingerprint density at radius 2 is 1.90 bits per heavy atom. The fourth-order valence-electron chi connectivity index (χ4n) is 3.15. The van der Waals surface area contributed by atoms with Gasteiger partial charge in [0.25, 0.3) is 0 Å². The van der Waals surface area contributed by atoms with Gasteiger partial charge in [-0.25, -0.2) is 0 Å². The van der Waals surface area contributed by atoms with Gasteiger partial charge < -0.3 is 14.9 Å². The number of carbonyl (C=O) groups is 1. The van der Waals surface area contributed by atoms with Gasteiger partial charge in [-0.2, -0.15) is 0 Å². The lowest BCUT2D eigenvalue weighted by Gasteiger charge is -2.38. The molecule has 0 aromatic carbocycles. The molecule has 4 heteroatoms. The molecule has 1 N–H and O–H groups in total. The first-order valence-corrected chi connectivity index (χ1v) is 8.16. The summed E-state index contributed by atoms with van der Waals surface area (Å²) in [6.07, 6.45) is 4.38. The predicted molar refractivity (Wildman–Crippen MR) is 82.6 cm³/mol. The van der Waals surface area contributed by atoms with Crippen LogP contribution >= 0.6 is 0 Å². The van der Waals surface area contributed by atoms with Gasteiger partial charge in [-0.05, 0) is 53.1 Å². The van der Waals surface area contributed by atoms with Crippen molar-refractivity contribution >= 4 is 5.91 Å². The highest BCUT2D eigenvalue weighted by atomic mass is 16.3. The summed E-state index contributed by atoms with van der Waals surface area (Å²) in [7, 11) is 0. The summed E-state index contributed by atoms with van der Waals surface area (Å²) in [5.74, 6) is 0.380. The summed E-state index contributed by atoms with van der Waals surface area (Å²) in [5, 5.41) is 9.10. The highest BCUT2D eigenvalue weighted by molar-refractivity contribution is 5.79. The number of hydrogen-bond donors (Lipinski definition) is 1. The topological polar surface area (TPSA) is 43.8 Å². The van der Waals surface area contributed by atoms with E-state index in [4.69, 9.17) is 5.11 Å². The molecule has 1 amide bonds. The second kappa shape index (κ2) is 8.63. The van der Waals surface area contributed by atoms with Crippen LogP contribution in [0.1, 0.15) is 53.4 Å². The van der Waals surface area contributed by atoms with E-state index in [0.29, 0.717) is 12.6 Å². The van der Waals surface area contributed by atoms with Gasteiger partial charge in [-0.15, -0.1) is 0 Å². The van der Waals surface area contributed by atoms with Crippen LogP contribution < -0.4 is 0 Å². The maximum absolute atomic E-state index is 12.5. The van der Waals surface area contributed by atoms with Crippen LogP contribution in [0.25, 0.3) is 0 Å². The summed E-state index contributed by atoms with van der Waals surface area (Å²) >= 11 is 0. The molecular formula is C16H32N2O2. The quantitative estimate of drug-likeness (QED) is 0.779. The zero-order chi connectivity index (χ0) is 15.1. The van der Waals surface area contributed by atoms with Gasteiger partial charge in [0.15, 0.2) is 0 Å². The molecule has 0 aliphatic carbocycles. The molecule has 1 aliphatic heterocycles. The molecule has 4 nitrogen and oxygen atoms in total. The van der Waals surface area contributed by atoms with Gasteiger partial charge in [-0.3, -0.25) is 4.79 Å². The molecule has 0 saturated carbocycles. The number of aliphatic hydroxyl groups is 1. The zero-order valence-corrected chi connectivity index (χ0v) is 13.6. The second-order valence-electron chi connectivity index (χ2n) is 6.30. The second-order valence-corrected chi connectivity index (χ2v) is 6.30. The lowest BCUT2D eigenvalue weighted by Crippen LogP contribution is -2.47. The average molecular weight is 284 g/mol. The normalized spacial score (nSPS) is 19.3. The molecule has 1 saturated heterocycles. The zero-order valence-electron chi connectivity index (χ0n) is 13.6. The van der Waals surface area contributed by atoms with Crippen LogP contribution in [-0.4, -0.2) is 59.1 Å². The number of rotatable bonds is 7. The van der Waals surface area contributed by atoms with E-state index in [1.54, 1.807) is 0 Å². The van der Waals surface area contributed by atoms with Gasteiger partial charge in [0.2, 0.25) is 5.91 Å². The van der Waals surface area contributed by atoms with E-state index in [1.165, 1.54) is 12.8 Å². The lowest BCUT2D eigenvalue weighted by atomic mass is 9.93. The van der Waals surface area contributed by atoms with E-state index in [1.807, 2.05) is 18.7 Å². The predicted octanol–water partition coefficient (Wildman–Crippen LogP) is 2.12. The number of carbonyl (C=O) groups excluding carboxylic acids is 1. The molecule has 0 spiro atoms. The van der Waals surface area contributed by atoms with Gasteiger partial charge >= 0.3 is 0 Å². The summed E-state index contributed by atoms with van der Waals surface area (Å²) in [5.41, 5.74) is 0. The van der Waals surface area contributed by atoms with E-state index in [-0.39, 0.29) is 24.5 Å². The van der Waals surface area contributed by atoms with Crippen molar-refractivity contribution in [1.29, 1.82) is 0 Å². The Morgan fingerprint density at radius 3 is 2.35 bits per heavy atom. The van der Waals surface area contributed by atoms with Crippen molar-refractivity contribution in [2.75, 3.05) is 26.2 Å². The van der Waals surface area contributed by atoms with Crippen molar-refractivity contribution in [3.05, 3.63) is 0 Å². The fourth-order valence-corrected chi connectivity index (χ4v) is 3.15. The summed E-state index contributed by atoms with van der Waals surface area (Å²) in [6, 6.07) is 0.807. The largest absolute Gasteiger partial charge is 0.395 e. The number of aliphatic hydroxyl groups excluding tert-OH is 1. The summed E-state index contributed by atoms with van der Waals surface area (Å²) in [6.45, 7) is 11.1. The Labute approximate surface area is 124 Å². The third kappa shape index (κ3) is 4.74. The van der Waals surface area contributed by atoms with E-state index in [2.05, 4.69) is 18.7 Å². The van der Waals surface area contributed by atoms with Crippen molar-refractivity contribution < 1.29 is 9.90 Å². The number of amides is 1. The van der Waals surface area contributed by atoms with Crippen LogP contribution in [-0.2, 0) is 4.79 Å². The van der Waals surface area contributed by atoms with Crippen molar-refractivity contribution in [2.24, 2.45) is 5.92 Å². The molecular weight excluding hydrogens is 252 g/mol. The summed E-state index contributed by atoms with van der Waals surface area (Å²) < 4.78 is 0. The van der Waals surface area contributed by atoms with E-state index < -0.39 is 0 Å². The number of hydrogen-bond acceptors (Lipinski definition) is 3. The Balaban J connectivity index is 2.49. The Morgan fingerprint density at radius 1 is 1.30 bits per heavy atom. The van der Waals surface area contributed by atoms with Crippen LogP contribution in [0.5, 0.6) is 0 Å². The van der Waals surface area contributed by atoms with E-state index in [9.17, 15) is 4.79 Å². The van der Waals surface area contributed by atoms with E-state index >= 15 is 0 Å². The maximum atomic E-state index is 12.5. The Hall–Kier alpha value is -0.610. The van der Waals surface area contributed by atoms with Crippen molar-refractivity contribution in [2.45, 2.75) is 65.5 Å². The minimum Gasteiger partial charge on any atom is -0.395 e. The lowest BCUT2D eigenvalue weighted by molar-refractivity contribution is -0.139. The number of likely N-dealkylation sites (tertiary alicyclic amines) is 1. The molecule has 1 rings (SSSR count). The van der Waals surface area contributed by atoms with Gasteiger partial charge in [0.05, 0.1) is 6.61 Å². The van der Waals surface area contributed by atoms with Gasteiger partial charge in [0.1, 0.15) is 0 Å². The molecule has 118 valence electrons. The molecule has 1 aliphatic rings. The first-order valence-electron chi connectivity index (χ1n) is 8.16. The molecule has 0 radical (unpaired) electrons. The minimum atomic E-state index is 0.0519. The van der Waals surface area contributed by atoms with Crippen LogP contribution in [0.2, 0.25) is 0 Å². The molecule has 1 fully saturated rings. The van der Waals surface area contributed by atoms with Crippen molar-refractivity contribution in [3.8, 4) is 0 Å². The van der Waals surface area contributed by atoms with E-state index in [0.717, 1.165) is 25.9 Å². The van der Waals surface area contributed by atoms with Crippen molar-refractivity contribution in [1.82, 2.24) is 9.80 Å². The van der Waals surface area contributed by atoms with Crippen LogP contribution in [0.3, 0.4) is 0 Å². The average Bonchev–Trinajstić information content (AvgIpc) is 2.44. The molecule has 1 unspecified atom stereocenters. The molecule has 0 bridgehead atoms. The monoisotopic (exact) mass is 284 g/mol. The standard InChI is InChI=1S/C16H32N2O2/c1-5-6-14(4)17-9-7-15(8-10-17)16(20)18(11-12-19)13(2)3/h13-15,19H,5-12H2,1-4H3. The Kier molecular flexibility index (Phi) is 7.52.